The molecule has 7 nitrogen and oxygen atoms in total. The van der Waals surface area contributed by atoms with Gasteiger partial charge in [0.15, 0.2) is 0 Å². The van der Waals surface area contributed by atoms with E-state index in [1.165, 1.54) is 0 Å². The van der Waals surface area contributed by atoms with Gasteiger partial charge in [0, 0.05) is 18.7 Å². The summed E-state index contributed by atoms with van der Waals surface area (Å²) < 4.78 is 10.1. The van der Waals surface area contributed by atoms with Crippen molar-refractivity contribution in [3.05, 3.63) is 59.0 Å². The lowest BCUT2D eigenvalue weighted by Gasteiger charge is -2.05. The molecular formula is C19H23N3O4. The Morgan fingerprint density at radius 3 is 2.54 bits per heavy atom. The number of aromatic nitrogens is 1. The van der Waals surface area contributed by atoms with E-state index in [9.17, 15) is 9.59 Å². The van der Waals surface area contributed by atoms with Gasteiger partial charge < -0.3 is 19.9 Å². The van der Waals surface area contributed by atoms with Crippen molar-refractivity contribution in [1.82, 2.24) is 15.8 Å². The molecule has 0 bridgehead atoms. The van der Waals surface area contributed by atoms with E-state index in [-0.39, 0.29) is 11.8 Å². The van der Waals surface area contributed by atoms with Crippen molar-refractivity contribution in [2.24, 2.45) is 0 Å². The lowest BCUT2D eigenvalue weighted by Crippen LogP contribution is -2.25. The van der Waals surface area contributed by atoms with Crippen LogP contribution < -0.4 is 15.4 Å². The Bertz CT molecular complexity index is 796. The van der Waals surface area contributed by atoms with Crippen LogP contribution in [0.4, 0.5) is 0 Å². The van der Waals surface area contributed by atoms with Crippen molar-refractivity contribution >= 4 is 11.8 Å². The Labute approximate surface area is 152 Å². The molecule has 0 spiro atoms. The van der Waals surface area contributed by atoms with Gasteiger partial charge in [0.2, 0.25) is 0 Å². The number of nitrogens with zero attached hydrogens (tertiary/aromatic N) is 1. The molecular weight excluding hydrogens is 334 g/mol. The van der Waals surface area contributed by atoms with E-state index in [0.29, 0.717) is 47.8 Å². The monoisotopic (exact) mass is 357 g/mol. The minimum atomic E-state index is -0.217. The highest BCUT2D eigenvalue weighted by Gasteiger charge is 2.18. The van der Waals surface area contributed by atoms with Crippen LogP contribution in [-0.2, 0) is 6.42 Å². The largest absolute Gasteiger partial charge is 0.497 e. The molecule has 138 valence electrons. The van der Waals surface area contributed by atoms with E-state index in [0.717, 1.165) is 0 Å². The molecule has 2 amide bonds. The quantitative estimate of drug-likeness (QED) is 0.707. The van der Waals surface area contributed by atoms with Gasteiger partial charge in [0.1, 0.15) is 17.1 Å². The van der Waals surface area contributed by atoms with Crippen molar-refractivity contribution in [2.45, 2.75) is 20.3 Å². The highest BCUT2D eigenvalue weighted by molar-refractivity contribution is 5.96. The molecule has 7 heteroatoms. The summed E-state index contributed by atoms with van der Waals surface area (Å²) >= 11 is 0. The highest BCUT2D eigenvalue weighted by atomic mass is 16.5. The van der Waals surface area contributed by atoms with E-state index in [1.807, 2.05) is 6.92 Å². The predicted molar refractivity (Wildman–Crippen MR) is 97.4 cm³/mol. The Morgan fingerprint density at radius 2 is 1.88 bits per heavy atom. The van der Waals surface area contributed by atoms with Crippen molar-refractivity contribution in [3.63, 3.8) is 0 Å². The fourth-order valence-electron chi connectivity index (χ4n) is 2.37. The van der Waals surface area contributed by atoms with Crippen LogP contribution >= 0.6 is 0 Å². The van der Waals surface area contributed by atoms with E-state index in [2.05, 4.69) is 15.8 Å². The lowest BCUT2D eigenvalue weighted by atomic mass is 10.1. The first-order valence-corrected chi connectivity index (χ1v) is 8.37. The number of benzene rings is 1. The van der Waals surface area contributed by atoms with Gasteiger partial charge in [-0.2, -0.15) is 0 Å². The summed E-state index contributed by atoms with van der Waals surface area (Å²) in [4.78, 5) is 24.2. The zero-order valence-corrected chi connectivity index (χ0v) is 15.2. The molecule has 0 aliphatic carbocycles. The van der Waals surface area contributed by atoms with Gasteiger partial charge in [-0.15, -0.1) is 0 Å². The SMILES string of the molecule is CCc1noc(C)c1C(=O)NC/C=C/CNC(=O)c1cccc(OC)c1. The number of rotatable bonds is 8. The van der Waals surface area contributed by atoms with E-state index in [4.69, 9.17) is 9.26 Å². The van der Waals surface area contributed by atoms with Crippen LogP contribution in [0, 0.1) is 6.92 Å². The van der Waals surface area contributed by atoms with Gasteiger partial charge in [-0.1, -0.05) is 30.3 Å². The van der Waals surface area contributed by atoms with Crippen LogP contribution in [0.25, 0.3) is 0 Å². The molecule has 0 saturated heterocycles. The second-order valence-corrected chi connectivity index (χ2v) is 5.54. The maximum absolute atomic E-state index is 12.2. The summed E-state index contributed by atoms with van der Waals surface area (Å²) in [5.41, 5.74) is 1.67. The average Bonchev–Trinajstić information content (AvgIpc) is 3.04. The minimum absolute atomic E-state index is 0.190. The molecule has 1 aromatic carbocycles. The standard InChI is InChI=1S/C19H23N3O4/c1-4-16-17(13(2)26-22-16)19(24)21-11-6-5-10-20-18(23)14-8-7-9-15(12-14)25-3/h5-9,12H,4,10-11H2,1-3H3,(H,20,23)(H,21,24)/b6-5+. The fourth-order valence-corrected chi connectivity index (χ4v) is 2.37. The van der Waals surface area contributed by atoms with Gasteiger partial charge in [-0.3, -0.25) is 9.59 Å². The lowest BCUT2D eigenvalue weighted by molar-refractivity contribution is 0.0947. The zero-order valence-electron chi connectivity index (χ0n) is 15.2. The third-order valence-corrected chi connectivity index (χ3v) is 3.75. The molecule has 26 heavy (non-hydrogen) atoms. The predicted octanol–water partition coefficient (Wildman–Crippen LogP) is 2.27. The van der Waals surface area contributed by atoms with Crippen molar-refractivity contribution < 1.29 is 18.8 Å². The molecule has 0 saturated carbocycles. The topological polar surface area (TPSA) is 93.5 Å². The maximum Gasteiger partial charge on any atom is 0.257 e. The number of nitrogens with one attached hydrogen (secondary N) is 2. The molecule has 0 fully saturated rings. The summed E-state index contributed by atoms with van der Waals surface area (Å²) in [7, 11) is 1.55. The highest BCUT2D eigenvalue weighted by Crippen LogP contribution is 2.13. The molecule has 2 rings (SSSR count). The van der Waals surface area contributed by atoms with E-state index in [1.54, 1.807) is 50.5 Å². The third kappa shape index (κ3) is 4.95. The molecule has 0 atom stereocenters. The van der Waals surface area contributed by atoms with Gasteiger partial charge in [0.05, 0.1) is 12.8 Å². The molecule has 0 aliphatic heterocycles. The molecule has 0 radical (unpaired) electrons. The third-order valence-electron chi connectivity index (χ3n) is 3.75. The second kappa shape index (κ2) is 9.41. The number of carbonyl (C=O) groups is 2. The number of hydrogen-bond donors (Lipinski definition) is 2. The number of carbonyl (C=O) groups excluding carboxylic acids is 2. The molecule has 1 heterocycles. The summed E-state index contributed by atoms with van der Waals surface area (Å²) in [6.07, 6.45) is 4.18. The van der Waals surface area contributed by atoms with Gasteiger partial charge in [-0.05, 0) is 31.5 Å². The number of amides is 2. The molecule has 2 N–H and O–H groups in total. The van der Waals surface area contributed by atoms with E-state index < -0.39 is 0 Å². The normalized spacial score (nSPS) is 10.7. The summed E-state index contributed by atoms with van der Waals surface area (Å²) in [6, 6.07) is 6.93. The molecule has 1 aromatic heterocycles. The Morgan fingerprint density at radius 1 is 1.19 bits per heavy atom. The fraction of sp³-hybridized carbons (Fsp3) is 0.316. The summed E-state index contributed by atoms with van der Waals surface area (Å²) in [5.74, 6) is 0.733. The van der Waals surface area contributed by atoms with Crippen LogP contribution in [0.15, 0.2) is 40.9 Å². The van der Waals surface area contributed by atoms with Crippen LogP contribution in [0.1, 0.15) is 39.1 Å². The molecule has 0 unspecified atom stereocenters. The summed E-state index contributed by atoms with van der Waals surface area (Å²) in [6.45, 7) is 4.34. The van der Waals surface area contributed by atoms with Gasteiger partial charge >= 0.3 is 0 Å². The van der Waals surface area contributed by atoms with Gasteiger partial charge in [0.25, 0.3) is 11.8 Å². The molecule has 0 aliphatic rings. The average molecular weight is 357 g/mol. The first-order valence-electron chi connectivity index (χ1n) is 8.37. The van der Waals surface area contributed by atoms with Crippen molar-refractivity contribution in [2.75, 3.05) is 20.2 Å². The first kappa shape index (κ1) is 19.2. The first-order chi connectivity index (χ1) is 12.6. The minimum Gasteiger partial charge on any atom is -0.497 e. The van der Waals surface area contributed by atoms with Crippen molar-refractivity contribution in [1.29, 1.82) is 0 Å². The van der Waals surface area contributed by atoms with Crippen LogP contribution in [0.3, 0.4) is 0 Å². The smallest absolute Gasteiger partial charge is 0.257 e. The summed E-state index contributed by atoms with van der Waals surface area (Å²) in [5, 5.41) is 9.42. The van der Waals surface area contributed by atoms with Crippen molar-refractivity contribution in [3.8, 4) is 5.75 Å². The maximum atomic E-state index is 12.2. The van der Waals surface area contributed by atoms with Crippen LogP contribution in [-0.4, -0.2) is 37.2 Å². The zero-order chi connectivity index (χ0) is 18.9. The number of hydrogen-bond acceptors (Lipinski definition) is 5. The number of ether oxygens (including phenoxy) is 1. The Kier molecular flexibility index (Phi) is 6.96. The van der Waals surface area contributed by atoms with Crippen LogP contribution in [0.2, 0.25) is 0 Å². The molecule has 2 aromatic rings. The van der Waals surface area contributed by atoms with Crippen LogP contribution in [0.5, 0.6) is 5.75 Å². The second-order valence-electron chi connectivity index (χ2n) is 5.54. The number of methoxy groups -OCH3 is 1. The van der Waals surface area contributed by atoms with E-state index >= 15 is 0 Å². The Balaban J connectivity index is 1.76. The number of aryl methyl sites for hydroxylation is 2. The Hall–Kier alpha value is -3.09. The van der Waals surface area contributed by atoms with Gasteiger partial charge in [-0.25, -0.2) is 0 Å².